The first-order valence-corrected chi connectivity index (χ1v) is 14.4. The number of aromatic nitrogens is 3. The molecule has 0 spiro atoms. The van der Waals surface area contributed by atoms with Crippen molar-refractivity contribution < 1.29 is 4.74 Å². The number of aryl methyl sites for hydroxylation is 1. The van der Waals surface area contributed by atoms with Crippen LogP contribution < -0.4 is 15.0 Å². The van der Waals surface area contributed by atoms with Gasteiger partial charge in [-0.2, -0.15) is 9.78 Å². The molecule has 0 amide bonds. The normalized spacial score (nSPS) is 15.6. The number of ether oxygens (including phenoxy) is 1. The largest absolute Gasteiger partial charge is 0.497 e. The Morgan fingerprint density at radius 1 is 0.837 bits per heavy atom. The number of nitrogens with zero attached hydrogens (tertiary/aromatic N) is 6. The Morgan fingerprint density at radius 2 is 1.58 bits per heavy atom. The lowest BCUT2D eigenvalue weighted by molar-refractivity contribution is 0.415. The Bertz CT molecular complexity index is 1860. The number of anilines is 2. The van der Waals surface area contributed by atoms with Gasteiger partial charge in [-0.25, -0.2) is 15.0 Å². The molecule has 5 aromatic rings. The fourth-order valence-corrected chi connectivity index (χ4v) is 5.73. The monoisotopic (exact) mass is 567 g/mol. The highest BCUT2D eigenvalue weighted by atomic mass is 16.5. The van der Waals surface area contributed by atoms with Crippen molar-refractivity contribution in [2.24, 2.45) is 9.98 Å². The molecule has 8 nitrogen and oxygen atoms in total. The predicted molar refractivity (Wildman–Crippen MR) is 173 cm³/mol. The van der Waals surface area contributed by atoms with E-state index in [1.165, 1.54) is 5.56 Å². The summed E-state index contributed by atoms with van der Waals surface area (Å²) in [4.78, 5) is 17.3. The van der Waals surface area contributed by atoms with E-state index in [2.05, 4.69) is 73.2 Å². The number of hydrogen-bond donors (Lipinski definition) is 1. The lowest BCUT2D eigenvalue weighted by atomic mass is 9.85. The zero-order valence-corrected chi connectivity index (χ0v) is 24.9. The summed E-state index contributed by atoms with van der Waals surface area (Å²) in [5.74, 6) is 3.61. The van der Waals surface area contributed by atoms with Gasteiger partial charge < -0.3 is 15.0 Å². The van der Waals surface area contributed by atoms with E-state index in [0.717, 1.165) is 45.5 Å². The molecule has 43 heavy (non-hydrogen) atoms. The number of amidine groups is 2. The van der Waals surface area contributed by atoms with Crippen LogP contribution in [-0.4, -0.2) is 33.5 Å². The molecule has 0 bridgehead atoms. The number of benzene rings is 3. The van der Waals surface area contributed by atoms with Crippen molar-refractivity contribution in [1.29, 1.82) is 0 Å². The summed E-state index contributed by atoms with van der Waals surface area (Å²) in [5.41, 5.74) is 7.15. The van der Waals surface area contributed by atoms with Crippen LogP contribution in [0, 0.1) is 6.92 Å². The Hall–Kier alpha value is -5.24. The predicted octanol–water partition coefficient (Wildman–Crippen LogP) is 7.68. The Kier molecular flexibility index (Phi) is 6.34. The fraction of sp³-hybridized carbons (Fsp3) is 0.200. The number of para-hydroxylation sites is 2. The first-order valence-electron chi connectivity index (χ1n) is 14.4. The molecule has 7 rings (SSSR count). The van der Waals surface area contributed by atoms with Gasteiger partial charge in [-0.1, -0.05) is 63.2 Å². The molecule has 0 unspecified atom stereocenters. The fourth-order valence-electron chi connectivity index (χ4n) is 5.73. The molecule has 2 aliphatic rings. The summed E-state index contributed by atoms with van der Waals surface area (Å²) in [6, 6.07) is 30.6. The number of nitrogens with one attached hydrogen (secondary N) is 1. The van der Waals surface area contributed by atoms with E-state index in [1.54, 1.807) is 13.3 Å². The van der Waals surface area contributed by atoms with Crippen LogP contribution in [0.3, 0.4) is 0 Å². The number of pyridine rings is 1. The van der Waals surface area contributed by atoms with E-state index < -0.39 is 0 Å². The van der Waals surface area contributed by atoms with Gasteiger partial charge in [0.2, 0.25) is 0 Å². The second-order valence-corrected chi connectivity index (χ2v) is 11.8. The van der Waals surface area contributed by atoms with Crippen molar-refractivity contribution in [2.75, 3.05) is 17.3 Å². The van der Waals surface area contributed by atoms with Gasteiger partial charge >= 0.3 is 0 Å². The first kappa shape index (κ1) is 26.6. The molecule has 0 radical (unpaired) electrons. The molecule has 2 aromatic heterocycles. The Morgan fingerprint density at radius 3 is 2.28 bits per heavy atom. The standard InChI is InChI=1S/C35H33N7O/c1-22-30-31(23-13-15-24(16-14-23)35(2,3)4)41-28-11-7-6-10-27(28)38-32(37-25-17-19-26(43-5)20-18-25)34(41)39-33(30)42(40-22)29-12-8-9-21-36-29/h6-21,31H,1-5H3,(H,37,38)/t31-/m1/s1. The third-order valence-corrected chi connectivity index (χ3v) is 7.95. The molecule has 8 heteroatoms. The Balaban J connectivity index is 1.46. The molecule has 4 heterocycles. The number of fused-ring (bicyclic) bond motifs is 4. The van der Waals surface area contributed by atoms with Gasteiger partial charge in [-0.15, -0.1) is 0 Å². The van der Waals surface area contributed by atoms with Gasteiger partial charge in [-0.05, 0) is 72.0 Å². The highest BCUT2D eigenvalue weighted by molar-refractivity contribution is 6.51. The van der Waals surface area contributed by atoms with Crippen LogP contribution in [0.5, 0.6) is 5.75 Å². The summed E-state index contributed by atoms with van der Waals surface area (Å²) >= 11 is 0. The van der Waals surface area contributed by atoms with Crippen molar-refractivity contribution in [3.8, 4) is 11.6 Å². The Labute approximate surface area is 251 Å². The van der Waals surface area contributed by atoms with Crippen LogP contribution in [-0.2, 0) is 5.41 Å². The third kappa shape index (κ3) is 4.65. The average molecular weight is 568 g/mol. The second kappa shape index (κ2) is 10.2. The van der Waals surface area contributed by atoms with E-state index >= 15 is 0 Å². The summed E-state index contributed by atoms with van der Waals surface area (Å²) in [6.07, 6.45) is 1.78. The van der Waals surface area contributed by atoms with E-state index in [1.807, 2.05) is 65.3 Å². The third-order valence-electron chi connectivity index (χ3n) is 7.95. The number of hydrogen-bond acceptors (Lipinski definition) is 7. The zero-order chi connectivity index (χ0) is 29.7. The van der Waals surface area contributed by atoms with E-state index in [4.69, 9.17) is 19.8 Å². The molecular weight excluding hydrogens is 534 g/mol. The van der Waals surface area contributed by atoms with Gasteiger partial charge in [0.1, 0.15) is 5.75 Å². The molecular formula is C35H33N7O. The van der Waals surface area contributed by atoms with Crippen molar-refractivity contribution in [2.45, 2.75) is 39.2 Å². The maximum absolute atomic E-state index is 5.37. The average Bonchev–Trinajstić information content (AvgIpc) is 3.36. The van der Waals surface area contributed by atoms with Gasteiger partial charge in [0.05, 0.1) is 30.2 Å². The van der Waals surface area contributed by atoms with Gasteiger partial charge in [-0.3, -0.25) is 0 Å². The quantitative estimate of drug-likeness (QED) is 0.241. The van der Waals surface area contributed by atoms with Gasteiger partial charge in [0.15, 0.2) is 23.3 Å². The van der Waals surface area contributed by atoms with Crippen molar-refractivity contribution in [1.82, 2.24) is 14.8 Å². The minimum absolute atomic E-state index is 0.0441. The van der Waals surface area contributed by atoms with E-state index in [0.29, 0.717) is 17.5 Å². The number of methoxy groups -OCH3 is 1. The highest BCUT2D eigenvalue weighted by Crippen LogP contribution is 2.48. The van der Waals surface area contributed by atoms with E-state index in [9.17, 15) is 0 Å². The smallest absolute Gasteiger partial charge is 0.179 e. The van der Waals surface area contributed by atoms with Crippen LogP contribution in [0.25, 0.3) is 5.82 Å². The SMILES string of the molecule is COc1ccc(NC2=Nc3ccccc3N3C2=Nc2c(c(C)nn2-c2ccccn2)[C@H]3c2ccc(C(C)(C)C)cc2)cc1. The van der Waals surface area contributed by atoms with Crippen molar-refractivity contribution in [3.05, 3.63) is 120 Å². The minimum atomic E-state index is -0.196. The van der Waals surface area contributed by atoms with Crippen LogP contribution >= 0.6 is 0 Å². The number of rotatable bonds is 4. The zero-order valence-electron chi connectivity index (χ0n) is 24.9. The lowest BCUT2D eigenvalue weighted by Crippen LogP contribution is -2.46. The molecule has 2 aliphatic heterocycles. The molecule has 214 valence electrons. The van der Waals surface area contributed by atoms with Crippen molar-refractivity contribution in [3.63, 3.8) is 0 Å². The molecule has 1 N–H and O–H groups in total. The van der Waals surface area contributed by atoms with Crippen LogP contribution in [0.2, 0.25) is 0 Å². The van der Waals surface area contributed by atoms with Crippen molar-refractivity contribution >= 4 is 34.6 Å². The minimum Gasteiger partial charge on any atom is -0.497 e. The molecule has 1 atom stereocenters. The molecule has 0 saturated carbocycles. The molecule has 3 aromatic carbocycles. The van der Waals surface area contributed by atoms with Crippen LogP contribution in [0.4, 0.5) is 22.9 Å². The molecule has 0 fully saturated rings. The summed E-state index contributed by atoms with van der Waals surface area (Å²) in [5, 5.41) is 8.53. The maximum Gasteiger partial charge on any atom is 0.179 e. The molecule has 0 aliphatic carbocycles. The van der Waals surface area contributed by atoms with Crippen LogP contribution in [0.1, 0.15) is 49.2 Å². The summed E-state index contributed by atoms with van der Waals surface area (Å²) in [6.45, 7) is 8.76. The number of aliphatic imine (C=N–C) groups is 2. The van der Waals surface area contributed by atoms with Gasteiger partial charge in [0, 0.05) is 17.4 Å². The maximum atomic E-state index is 5.37. The first-order chi connectivity index (χ1) is 20.8. The summed E-state index contributed by atoms with van der Waals surface area (Å²) in [7, 11) is 1.66. The van der Waals surface area contributed by atoms with Crippen LogP contribution in [0.15, 0.2) is 107 Å². The summed E-state index contributed by atoms with van der Waals surface area (Å²) < 4.78 is 7.22. The molecule has 0 saturated heterocycles. The van der Waals surface area contributed by atoms with E-state index in [-0.39, 0.29) is 11.5 Å². The second-order valence-electron chi connectivity index (χ2n) is 11.8. The highest BCUT2D eigenvalue weighted by Gasteiger charge is 2.41. The lowest BCUT2D eigenvalue weighted by Gasteiger charge is -2.40. The van der Waals surface area contributed by atoms with Gasteiger partial charge in [0.25, 0.3) is 0 Å². The topological polar surface area (TPSA) is 79.9 Å².